The summed E-state index contributed by atoms with van der Waals surface area (Å²) < 4.78 is 39.1. The predicted molar refractivity (Wildman–Crippen MR) is 74.7 cm³/mol. The Kier molecular flexibility index (Phi) is 3.91. The number of rotatable bonds is 2. The molecule has 112 valence electrons. The van der Waals surface area contributed by atoms with Crippen LogP contribution in [0, 0.1) is 0 Å². The van der Waals surface area contributed by atoms with Crippen molar-refractivity contribution in [3.8, 4) is 0 Å². The highest BCUT2D eigenvalue weighted by molar-refractivity contribution is 5.33. The summed E-state index contributed by atoms with van der Waals surface area (Å²) in [7, 11) is 0. The van der Waals surface area contributed by atoms with E-state index in [4.69, 9.17) is 5.73 Å². The smallest absolute Gasteiger partial charge is 0.319 e. The Hall–Kier alpha value is -2.08. The lowest BCUT2D eigenvalue weighted by Crippen LogP contribution is -2.30. The molecule has 0 saturated carbocycles. The molecule has 0 aliphatic heterocycles. The molecule has 1 unspecified atom stereocenters. The van der Waals surface area contributed by atoms with Crippen LogP contribution in [0.25, 0.3) is 0 Å². The quantitative estimate of drug-likeness (QED) is 0.912. The number of nitrogens with two attached hydrogens (primary N) is 1. The van der Waals surface area contributed by atoms with Crippen molar-refractivity contribution in [2.24, 2.45) is 5.73 Å². The zero-order chi connectivity index (χ0) is 15.7. The van der Waals surface area contributed by atoms with E-state index in [9.17, 15) is 18.0 Å². The summed E-state index contributed by atoms with van der Waals surface area (Å²) in [6.45, 7) is 1.85. The Balaban J connectivity index is 2.31. The van der Waals surface area contributed by atoms with Crippen LogP contribution in [0.1, 0.15) is 12.5 Å². The van der Waals surface area contributed by atoms with E-state index in [1.807, 2.05) is 0 Å². The molecule has 1 aromatic heterocycles. The fourth-order valence-corrected chi connectivity index (χ4v) is 1.90. The summed E-state index contributed by atoms with van der Waals surface area (Å²) in [5.41, 5.74) is 4.67. The van der Waals surface area contributed by atoms with E-state index >= 15 is 0 Å². The van der Waals surface area contributed by atoms with Crippen molar-refractivity contribution in [2.45, 2.75) is 25.2 Å². The first-order chi connectivity index (χ1) is 9.67. The molecule has 1 aromatic rings. The molecule has 0 spiro atoms. The number of alkyl halides is 3. The second-order valence-corrected chi connectivity index (χ2v) is 5.18. The van der Waals surface area contributed by atoms with E-state index in [0.717, 1.165) is 22.9 Å². The van der Waals surface area contributed by atoms with Crippen molar-refractivity contribution in [1.29, 1.82) is 0 Å². The normalized spacial score (nSPS) is 22.0. The minimum absolute atomic E-state index is 0.0552. The molecule has 2 rings (SSSR count). The van der Waals surface area contributed by atoms with Crippen LogP contribution in [0.5, 0.6) is 0 Å². The molecule has 2 N–H and O–H groups in total. The minimum Gasteiger partial charge on any atom is -0.319 e. The monoisotopic (exact) mass is 296 g/mol. The molecule has 0 amide bonds. The number of halogens is 3. The SMILES string of the molecule is CC1(N)C=CC=C(Cn2cc(C(F)(F)F)ccc2=O)C=C1. The van der Waals surface area contributed by atoms with Gasteiger partial charge in [-0.2, -0.15) is 13.2 Å². The van der Waals surface area contributed by atoms with Gasteiger partial charge in [-0.05, 0) is 18.6 Å². The van der Waals surface area contributed by atoms with Crippen LogP contribution >= 0.6 is 0 Å². The van der Waals surface area contributed by atoms with Crippen LogP contribution in [0.4, 0.5) is 13.2 Å². The lowest BCUT2D eigenvalue weighted by molar-refractivity contribution is -0.138. The Labute approximate surface area is 119 Å². The van der Waals surface area contributed by atoms with Crippen molar-refractivity contribution in [1.82, 2.24) is 4.57 Å². The lowest BCUT2D eigenvalue weighted by Gasteiger charge is -2.13. The van der Waals surface area contributed by atoms with Gasteiger partial charge in [0.1, 0.15) is 0 Å². The second kappa shape index (κ2) is 5.37. The van der Waals surface area contributed by atoms with Crippen molar-refractivity contribution < 1.29 is 13.2 Å². The average molecular weight is 296 g/mol. The third-order valence-electron chi connectivity index (χ3n) is 3.09. The first-order valence-electron chi connectivity index (χ1n) is 6.32. The standard InChI is InChI=1S/C15H15F3N2O/c1-14(19)7-2-3-11(6-8-14)9-20-10-12(15(16,17)18)4-5-13(20)21/h2-8,10H,9,19H2,1H3. The topological polar surface area (TPSA) is 48.0 Å². The Bertz CT molecular complexity index is 679. The van der Waals surface area contributed by atoms with E-state index in [1.165, 1.54) is 0 Å². The molecule has 1 heterocycles. The van der Waals surface area contributed by atoms with Crippen molar-refractivity contribution >= 4 is 0 Å². The Morgan fingerprint density at radius 3 is 2.67 bits per heavy atom. The number of hydrogen-bond donors (Lipinski definition) is 1. The molecular formula is C15H15F3N2O. The van der Waals surface area contributed by atoms with Crippen LogP contribution in [-0.4, -0.2) is 10.1 Å². The van der Waals surface area contributed by atoms with Gasteiger partial charge in [0.05, 0.1) is 17.6 Å². The van der Waals surface area contributed by atoms with Gasteiger partial charge in [-0.15, -0.1) is 0 Å². The first-order valence-corrected chi connectivity index (χ1v) is 6.32. The fraction of sp³-hybridized carbons (Fsp3) is 0.267. The van der Waals surface area contributed by atoms with Gasteiger partial charge in [0, 0.05) is 12.3 Å². The van der Waals surface area contributed by atoms with Gasteiger partial charge in [-0.1, -0.05) is 30.4 Å². The van der Waals surface area contributed by atoms with Gasteiger partial charge >= 0.3 is 6.18 Å². The molecule has 0 bridgehead atoms. The van der Waals surface area contributed by atoms with E-state index in [-0.39, 0.29) is 6.54 Å². The number of nitrogens with zero attached hydrogens (tertiary/aromatic N) is 1. The van der Waals surface area contributed by atoms with E-state index in [2.05, 4.69) is 0 Å². The van der Waals surface area contributed by atoms with Crippen LogP contribution in [0.3, 0.4) is 0 Å². The molecule has 0 fully saturated rings. The second-order valence-electron chi connectivity index (χ2n) is 5.18. The zero-order valence-corrected chi connectivity index (χ0v) is 11.4. The van der Waals surface area contributed by atoms with Gasteiger partial charge in [-0.3, -0.25) is 4.79 Å². The van der Waals surface area contributed by atoms with Crippen molar-refractivity contribution in [2.75, 3.05) is 0 Å². The zero-order valence-electron chi connectivity index (χ0n) is 11.4. The number of hydrogen-bond acceptors (Lipinski definition) is 2. The van der Waals surface area contributed by atoms with Crippen LogP contribution in [0.15, 0.2) is 59.1 Å². The maximum atomic E-state index is 12.7. The van der Waals surface area contributed by atoms with Crippen molar-refractivity contribution in [3.63, 3.8) is 0 Å². The maximum absolute atomic E-state index is 12.7. The first kappa shape index (κ1) is 15.3. The molecule has 1 atom stereocenters. The summed E-state index contributed by atoms with van der Waals surface area (Å²) >= 11 is 0. The van der Waals surface area contributed by atoms with E-state index in [1.54, 1.807) is 37.3 Å². The third kappa shape index (κ3) is 3.95. The van der Waals surface area contributed by atoms with Gasteiger partial charge in [0.15, 0.2) is 0 Å². The highest BCUT2D eigenvalue weighted by atomic mass is 19.4. The molecular weight excluding hydrogens is 281 g/mol. The molecule has 1 aliphatic rings. The summed E-state index contributed by atoms with van der Waals surface area (Å²) in [5, 5.41) is 0. The summed E-state index contributed by atoms with van der Waals surface area (Å²) in [6, 6.07) is 1.71. The average Bonchev–Trinajstić information content (AvgIpc) is 2.52. The molecule has 3 nitrogen and oxygen atoms in total. The van der Waals surface area contributed by atoms with Gasteiger partial charge < -0.3 is 10.3 Å². The highest BCUT2D eigenvalue weighted by Crippen LogP contribution is 2.28. The molecule has 1 aliphatic carbocycles. The fourth-order valence-electron chi connectivity index (χ4n) is 1.90. The Morgan fingerprint density at radius 1 is 1.29 bits per heavy atom. The molecule has 0 saturated heterocycles. The van der Waals surface area contributed by atoms with Crippen molar-refractivity contribution in [3.05, 3.63) is 70.2 Å². The van der Waals surface area contributed by atoms with Crippen LogP contribution in [0.2, 0.25) is 0 Å². The van der Waals surface area contributed by atoms with Gasteiger partial charge in [0.25, 0.3) is 5.56 Å². The predicted octanol–water partition coefficient (Wildman–Crippen LogP) is 2.64. The molecule has 0 radical (unpaired) electrons. The van der Waals surface area contributed by atoms with E-state index < -0.39 is 22.8 Å². The summed E-state index contributed by atoms with van der Waals surface area (Å²) in [4.78, 5) is 11.7. The van der Waals surface area contributed by atoms with Crippen LogP contribution in [-0.2, 0) is 12.7 Å². The van der Waals surface area contributed by atoms with Crippen LogP contribution < -0.4 is 11.3 Å². The Morgan fingerprint density at radius 2 is 2.00 bits per heavy atom. The summed E-state index contributed by atoms with van der Waals surface area (Å²) in [6.07, 6.45) is 5.03. The number of allylic oxidation sites excluding steroid dienone is 4. The third-order valence-corrected chi connectivity index (χ3v) is 3.09. The lowest BCUT2D eigenvalue weighted by atomic mass is 10.0. The minimum atomic E-state index is -4.47. The largest absolute Gasteiger partial charge is 0.417 e. The number of pyridine rings is 1. The molecule has 0 aromatic carbocycles. The van der Waals surface area contributed by atoms with E-state index in [0.29, 0.717) is 5.57 Å². The summed E-state index contributed by atoms with van der Waals surface area (Å²) in [5.74, 6) is 0. The molecule has 6 heteroatoms. The van der Waals surface area contributed by atoms with Gasteiger partial charge in [-0.25, -0.2) is 0 Å². The van der Waals surface area contributed by atoms with Gasteiger partial charge in [0.2, 0.25) is 0 Å². The molecule has 21 heavy (non-hydrogen) atoms. The maximum Gasteiger partial charge on any atom is 0.417 e. The number of aromatic nitrogens is 1. The highest BCUT2D eigenvalue weighted by Gasteiger charge is 2.31.